The van der Waals surface area contributed by atoms with Crippen molar-refractivity contribution in [1.82, 2.24) is 0 Å². The first-order valence-corrected chi connectivity index (χ1v) is 7.05. The van der Waals surface area contributed by atoms with Crippen LogP contribution in [0.5, 0.6) is 11.5 Å². The summed E-state index contributed by atoms with van der Waals surface area (Å²) in [6.07, 6.45) is 0. The molecule has 1 aliphatic heterocycles. The number of ether oxygens (including phenoxy) is 2. The van der Waals surface area contributed by atoms with Crippen molar-refractivity contribution in [3.05, 3.63) is 58.6 Å². The molecule has 0 N–H and O–H groups in total. The molecular weight excluding hydrogens is 300 g/mol. The maximum Gasteiger partial charge on any atom is 0.310 e. The van der Waals surface area contributed by atoms with E-state index < -0.39 is 4.92 Å². The van der Waals surface area contributed by atoms with Crippen molar-refractivity contribution < 1.29 is 19.2 Å². The van der Waals surface area contributed by atoms with Gasteiger partial charge in [0.25, 0.3) is 5.91 Å². The third-order valence-electron chi connectivity index (χ3n) is 3.44. The zero-order valence-electron chi connectivity index (χ0n) is 12.2. The standard InChI is InChI=1S/C16H14N2O5/c19-16(11-23-15-8-4-2-6-13(15)18(20)21)17-9-10-22-14-7-3-1-5-12(14)17/h1-8H,9-11H2. The SMILES string of the molecule is O=C(COc1ccccc1[N+](=O)[O-])N1CCOc2ccccc21. The Kier molecular flexibility index (Phi) is 4.09. The molecule has 1 aliphatic rings. The Morgan fingerprint density at radius 2 is 1.96 bits per heavy atom. The third-order valence-corrected chi connectivity index (χ3v) is 3.44. The Bertz CT molecular complexity index is 747. The van der Waals surface area contributed by atoms with Crippen molar-refractivity contribution in [1.29, 1.82) is 0 Å². The minimum Gasteiger partial charge on any atom is -0.490 e. The number of nitrogens with zero attached hydrogens (tertiary/aromatic N) is 2. The van der Waals surface area contributed by atoms with Gasteiger partial charge in [0.2, 0.25) is 0 Å². The predicted molar refractivity (Wildman–Crippen MR) is 82.9 cm³/mol. The van der Waals surface area contributed by atoms with E-state index in [9.17, 15) is 14.9 Å². The number of hydrogen-bond acceptors (Lipinski definition) is 5. The fraction of sp³-hybridized carbons (Fsp3) is 0.188. The molecule has 1 amide bonds. The fourth-order valence-electron chi connectivity index (χ4n) is 2.38. The lowest BCUT2D eigenvalue weighted by molar-refractivity contribution is -0.385. The number of benzene rings is 2. The quantitative estimate of drug-likeness (QED) is 0.639. The van der Waals surface area contributed by atoms with Gasteiger partial charge >= 0.3 is 5.69 Å². The Hall–Kier alpha value is -3.09. The summed E-state index contributed by atoms with van der Waals surface area (Å²) < 4.78 is 10.8. The number of nitro groups is 1. The number of carbonyl (C=O) groups excluding carboxylic acids is 1. The summed E-state index contributed by atoms with van der Waals surface area (Å²) in [6, 6.07) is 13.2. The molecule has 0 saturated heterocycles. The summed E-state index contributed by atoms with van der Waals surface area (Å²) in [7, 11) is 0. The summed E-state index contributed by atoms with van der Waals surface area (Å²) in [5.41, 5.74) is 0.512. The van der Waals surface area contributed by atoms with Gasteiger partial charge in [0, 0.05) is 6.07 Å². The number of hydrogen-bond donors (Lipinski definition) is 0. The van der Waals surface area contributed by atoms with Gasteiger partial charge in [-0.15, -0.1) is 0 Å². The van der Waals surface area contributed by atoms with E-state index in [0.717, 1.165) is 0 Å². The Labute approximate surface area is 132 Å². The number of nitro benzene ring substituents is 1. The summed E-state index contributed by atoms with van der Waals surface area (Å²) in [4.78, 5) is 24.4. The molecular formula is C16H14N2O5. The Morgan fingerprint density at radius 3 is 2.78 bits per heavy atom. The van der Waals surface area contributed by atoms with Crippen molar-refractivity contribution in [2.24, 2.45) is 0 Å². The topological polar surface area (TPSA) is 81.9 Å². The van der Waals surface area contributed by atoms with Gasteiger partial charge in [0.05, 0.1) is 17.2 Å². The second-order valence-electron chi connectivity index (χ2n) is 4.88. The molecule has 0 aliphatic carbocycles. The van der Waals surface area contributed by atoms with E-state index in [-0.39, 0.29) is 24.0 Å². The Balaban J connectivity index is 1.73. The molecule has 3 rings (SSSR count). The fourth-order valence-corrected chi connectivity index (χ4v) is 2.38. The van der Waals surface area contributed by atoms with Crippen LogP contribution in [0.3, 0.4) is 0 Å². The monoisotopic (exact) mass is 314 g/mol. The third kappa shape index (κ3) is 3.08. The van der Waals surface area contributed by atoms with E-state index in [2.05, 4.69) is 0 Å². The highest BCUT2D eigenvalue weighted by Crippen LogP contribution is 2.31. The van der Waals surface area contributed by atoms with Crippen LogP contribution in [0, 0.1) is 10.1 Å². The lowest BCUT2D eigenvalue weighted by Gasteiger charge is -2.29. The van der Waals surface area contributed by atoms with Crippen LogP contribution in [-0.2, 0) is 4.79 Å². The minimum atomic E-state index is -0.538. The number of fused-ring (bicyclic) bond motifs is 1. The van der Waals surface area contributed by atoms with Crippen molar-refractivity contribution in [2.45, 2.75) is 0 Å². The van der Waals surface area contributed by atoms with Gasteiger partial charge in [-0.25, -0.2) is 0 Å². The molecule has 1 heterocycles. The van der Waals surface area contributed by atoms with Crippen LogP contribution in [0.25, 0.3) is 0 Å². The van der Waals surface area contributed by atoms with Crippen LogP contribution in [0.2, 0.25) is 0 Å². The normalized spacial score (nSPS) is 13.0. The molecule has 2 aromatic carbocycles. The maximum absolute atomic E-state index is 12.4. The smallest absolute Gasteiger partial charge is 0.310 e. The van der Waals surface area contributed by atoms with E-state index >= 15 is 0 Å². The molecule has 0 saturated carbocycles. The second kappa shape index (κ2) is 6.35. The first-order chi connectivity index (χ1) is 11.2. The average Bonchev–Trinajstić information content (AvgIpc) is 2.59. The first kappa shape index (κ1) is 14.8. The minimum absolute atomic E-state index is 0.0763. The van der Waals surface area contributed by atoms with Gasteiger partial charge < -0.3 is 14.4 Å². The van der Waals surface area contributed by atoms with Gasteiger partial charge in [-0.2, -0.15) is 0 Å². The number of carbonyl (C=O) groups is 1. The van der Waals surface area contributed by atoms with Crippen LogP contribution in [0.15, 0.2) is 48.5 Å². The van der Waals surface area contributed by atoms with Gasteiger partial charge in [-0.1, -0.05) is 24.3 Å². The van der Waals surface area contributed by atoms with E-state index in [1.807, 2.05) is 12.1 Å². The summed E-state index contributed by atoms with van der Waals surface area (Å²) in [5.74, 6) is 0.434. The number of amides is 1. The van der Waals surface area contributed by atoms with E-state index in [1.165, 1.54) is 12.1 Å². The van der Waals surface area contributed by atoms with Gasteiger partial charge in [-0.3, -0.25) is 14.9 Å². The van der Waals surface area contributed by atoms with Crippen molar-refractivity contribution >= 4 is 17.3 Å². The summed E-state index contributed by atoms with van der Waals surface area (Å²) in [5, 5.41) is 10.9. The lowest BCUT2D eigenvalue weighted by atomic mass is 10.2. The summed E-state index contributed by atoms with van der Waals surface area (Å²) >= 11 is 0. The highest BCUT2D eigenvalue weighted by atomic mass is 16.6. The molecule has 0 fully saturated rings. The maximum atomic E-state index is 12.4. The molecule has 2 aromatic rings. The van der Waals surface area contributed by atoms with Crippen LogP contribution in [0.4, 0.5) is 11.4 Å². The van der Waals surface area contributed by atoms with E-state index in [0.29, 0.717) is 24.6 Å². The average molecular weight is 314 g/mol. The number of anilines is 1. The molecule has 0 unspecified atom stereocenters. The molecule has 23 heavy (non-hydrogen) atoms. The van der Waals surface area contributed by atoms with Gasteiger partial charge in [0.1, 0.15) is 12.4 Å². The lowest BCUT2D eigenvalue weighted by Crippen LogP contribution is -2.40. The highest BCUT2D eigenvalue weighted by Gasteiger charge is 2.24. The zero-order valence-corrected chi connectivity index (χ0v) is 12.2. The highest BCUT2D eigenvalue weighted by molar-refractivity contribution is 5.96. The molecule has 118 valence electrons. The molecule has 0 radical (unpaired) electrons. The largest absolute Gasteiger partial charge is 0.490 e. The summed E-state index contributed by atoms with van der Waals surface area (Å²) in [6.45, 7) is 0.531. The number of para-hydroxylation sites is 4. The van der Waals surface area contributed by atoms with Gasteiger partial charge in [0.15, 0.2) is 12.4 Å². The molecule has 0 atom stereocenters. The van der Waals surface area contributed by atoms with Crippen LogP contribution in [-0.4, -0.2) is 30.6 Å². The number of rotatable bonds is 4. The van der Waals surface area contributed by atoms with E-state index in [4.69, 9.17) is 9.47 Å². The first-order valence-electron chi connectivity index (χ1n) is 7.05. The molecule has 0 bridgehead atoms. The van der Waals surface area contributed by atoms with Gasteiger partial charge in [-0.05, 0) is 18.2 Å². The predicted octanol–water partition coefficient (Wildman–Crippen LogP) is 2.40. The van der Waals surface area contributed by atoms with Crippen molar-refractivity contribution in [3.63, 3.8) is 0 Å². The molecule has 0 spiro atoms. The molecule has 0 aromatic heterocycles. The zero-order chi connectivity index (χ0) is 16.2. The molecule has 7 heteroatoms. The van der Waals surface area contributed by atoms with Crippen LogP contribution in [0.1, 0.15) is 0 Å². The van der Waals surface area contributed by atoms with Crippen LogP contribution < -0.4 is 14.4 Å². The second-order valence-corrected chi connectivity index (χ2v) is 4.88. The van der Waals surface area contributed by atoms with Crippen molar-refractivity contribution in [2.75, 3.05) is 24.7 Å². The molecule has 7 nitrogen and oxygen atoms in total. The van der Waals surface area contributed by atoms with Crippen LogP contribution >= 0.6 is 0 Å². The van der Waals surface area contributed by atoms with Crippen molar-refractivity contribution in [3.8, 4) is 11.5 Å². The van der Waals surface area contributed by atoms with E-state index in [1.54, 1.807) is 29.2 Å². The Morgan fingerprint density at radius 1 is 1.22 bits per heavy atom.